The molecule has 100 valence electrons. The van der Waals surface area contributed by atoms with Gasteiger partial charge in [0.2, 0.25) is 5.89 Å². The zero-order valence-electron chi connectivity index (χ0n) is 10.0. The normalized spacial score (nSPS) is 10.5. The van der Waals surface area contributed by atoms with Gasteiger partial charge in [-0.2, -0.15) is 0 Å². The highest BCUT2D eigenvalue weighted by Gasteiger charge is 2.09. The third-order valence-electron chi connectivity index (χ3n) is 2.52. The highest BCUT2D eigenvalue weighted by molar-refractivity contribution is 5.55. The minimum Gasteiger partial charge on any atom is -0.403 e. The lowest BCUT2D eigenvalue weighted by molar-refractivity contribution is 0.509. The summed E-state index contributed by atoms with van der Waals surface area (Å²) in [6.07, 6.45) is 3.20. The number of hydrogen-bond donors (Lipinski definition) is 1. The van der Waals surface area contributed by atoms with Gasteiger partial charge in [0.05, 0.1) is 0 Å². The van der Waals surface area contributed by atoms with E-state index in [1.807, 2.05) is 0 Å². The van der Waals surface area contributed by atoms with Crippen molar-refractivity contribution in [1.29, 1.82) is 0 Å². The maximum absolute atomic E-state index is 13.1. The molecular weight excluding hydrogens is 266 g/mol. The first-order valence-corrected chi connectivity index (χ1v) is 5.68. The molecule has 0 aliphatic carbocycles. The number of anilines is 2. The summed E-state index contributed by atoms with van der Waals surface area (Å²) in [4.78, 5) is 3.88. The van der Waals surface area contributed by atoms with E-state index in [1.54, 1.807) is 24.5 Å². The number of hydrogen-bond acceptors (Lipinski definition) is 5. The van der Waals surface area contributed by atoms with Crippen LogP contribution in [-0.2, 0) is 0 Å². The van der Waals surface area contributed by atoms with E-state index in [4.69, 9.17) is 4.42 Å². The smallest absolute Gasteiger partial charge is 0.320 e. The van der Waals surface area contributed by atoms with Crippen LogP contribution in [0, 0.1) is 11.6 Å². The quantitative estimate of drug-likeness (QED) is 0.794. The molecule has 5 nitrogen and oxygen atoms in total. The Morgan fingerprint density at radius 3 is 2.50 bits per heavy atom. The van der Waals surface area contributed by atoms with Crippen molar-refractivity contribution in [3.63, 3.8) is 0 Å². The molecule has 0 saturated heterocycles. The predicted molar refractivity (Wildman–Crippen MR) is 67.2 cm³/mol. The molecule has 20 heavy (non-hydrogen) atoms. The lowest BCUT2D eigenvalue weighted by Crippen LogP contribution is -1.92. The molecule has 0 amide bonds. The number of aromatic nitrogens is 3. The van der Waals surface area contributed by atoms with Gasteiger partial charge < -0.3 is 9.73 Å². The fourth-order valence-electron chi connectivity index (χ4n) is 1.58. The minimum atomic E-state index is -0.955. The van der Waals surface area contributed by atoms with Gasteiger partial charge in [-0.25, -0.2) is 8.78 Å². The molecule has 0 radical (unpaired) electrons. The summed E-state index contributed by atoms with van der Waals surface area (Å²) >= 11 is 0. The van der Waals surface area contributed by atoms with Crippen molar-refractivity contribution < 1.29 is 13.2 Å². The van der Waals surface area contributed by atoms with Crippen LogP contribution in [0.1, 0.15) is 0 Å². The maximum atomic E-state index is 13.1. The number of nitrogens with zero attached hydrogens (tertiary/aromatic N) is 3. The minimum absolute atomic E-state index is 0.0859. The highest BCUT2D eigenvalue weighted by Crippen LogP contribution is 2.22. The number of halogens is 2. The highest BCUT2D eigenvalue weighted by atomic mass is 19.2. The van der Waals surface area contributed by atoms with E-state index in [1.165, 1.54) is 6.07 Å². The second kappa shape index (κ2) is 5.04. The predicted octanol–water partition coefficient (Wildman–Crippen LogP) is 3.15. The van der Waals surface area contributed by atoms with E-state index >= 15 is 0 Å². The van der Waals surface area contributed by atoms with E-state index in [2.05, 4.69) is 20.5 Å². The summed E-state index contributed by atoms with van der Waals surface area (Å²) in [5, 5.41) is 10.3. The Bertz CT molecular complexity index is 730. The SMILES string of the molecule is Fc1ccc(Nc2nnc(-c3ccncc3)o2)cc1F. The largest absolute Gasteiger partial charge is 0.403 e. The molecule has 0 aliphatic rings. The Labute approximate surface area is 112 Å². The Morgan fingerprint density at radius 2 is 1.75 bits per heavy atom. The zero-order valence-corrected chi connectivity index (χ0v) is 10.0. The van der Waals surface area contributed by atoms with Gasteiger partial charge in [-0.15, -0.1) is 5.10 Å². The van der Waals surface area contributed by atoms with E-state index in [0.29, 0.717) is 17.1 Å². The molecule has 0 spiro atoms. The third kappa shape index (κ3) is 2.46. The maximum Gasteiger partial charge on any atom is 0.320 e. The molecule has 0 aliphatic heterocycles. The van der Waals surface area contributed by atoms with Crippen LogP contribution in [0.2, 0.25) is 0 Å². The molecule has 1 aromatic carbocycles. The Kier molecular flexibility index (Phi) is 3.08. The molecule has 0 atom stereocenters. The van der Waals surface area contributed by atoms with Gasteiger partial charge in [0, 0.05) is 29.7 Å². The number of benzene rings is 1. The van der Waals surface area contributed by atoms with Crippen molar-refractivity contribution in [2.75, 3.05) is 5.32 Å². The first-order valence-electron chi connectivity index (χ1n) is 5.68. The lowest BCUT2D eigenvalue weighted by atomic mass is 10.3. The van der Waals surface area contributed by atoms with Crippen LogP contribution in [-0.4, -0.2) is 15.2 Å². The Balaban J connectivity index is 1.82. The summed E-state index contributed by atoms with van der Waals surface area (Å²) in [6.45, 7) is 0. The topological polar surface area (TPSA) is 63.8 Å². The summed E-state index contributed by atoms with van der Waals surface area (Å²) in [7, 11) is 0. The van der Waals surface area contributed by atoms with Gasteiger partial charge in [0.25, 0.3) is 0 Å². The van der Waals surface area contributed by atoms with Crippen LogP contribution in [0.3, 0.4) is 0 Å². The molecule has 3 rings (SSSR count). The van der Waals surface area contributed by atoms with Crippen molar-refractivity contribution in [3.8, 4) is 11.5 Å². The van der Waals surface area contributed by atoms with Crippen LogP contribution in [0.4, 0.5) is 20.5 Å². The lowest BCUT2D eigenvalue weighted by Gasteiger charge is -2.01. The molecule has 1 N–H and O–H groups in total. The van der Waals surface area contributed by atoms with E-state index < -0.39 is 11.6 Å². The van der Waals surface area contributed by atoms with Crippen molar-refractivity contribution in [3.05, 3.63) is 54.4 Å². The van der Waals surface area contributed by atoms with Gasteiger partial charge in [0.1, 0.15) is 0 Å². The standard InChI is InChI=1S/C13H8F2N4O/c14-10-2-1-9(7-11(10)15)17-13-19-18-12(20-13)8-3-5-16-6-4-8/h1-7H,(H,17,19). The second-order valence-electron chi connectivity index (χ2n) is 3.90. The Morgan fingerprint density at radius 1 is 0.950 bits per heavy atom. The zero-order chi connectivity index (χ0) is 13.9. The molecule has 7 heteroatoms. The number of pyridine rings is 1. The fourth-order valence-corrected chi connectivity index (χ4v) is 1.58. The first kappa shape index (κ1) is 12.2. The van der Waals surface area contributed by atoms with Crippen LogP contribution in [0.25, 0.3) is 11.5 Å². The van der Waals surface area contributed by atoms with Crippen molar-refractivity contribution in [2.24, 2.45) is 0 Å². The van der Waals surface area contributed by atoms with Crippen molar-refractivity contribution in [1.82, 2.24) is 15.2 Å². The average Bonchev–Trinajstić information content (AvgIpc) is 2.92. The van der Waals surface area contributed by atoms with Gasteiger partial charge in [0.15, 0.2) is 11.6 Å². The van der Waals surface area contributed by atoms with E-state index in [0.717, 1.165) is 12.1 Å². The number of nitrogens with one attached hydrogen (secondary N) is 1. The molecule has 0 saturated carbocycles. The van der Waals surface area contributed by atoms with Crippen molar-refractivity contribution >= 4 is 11.7 Å². The van der Waals surface area contributed by atoms with Crippen LogP contribution in [0.5, 0.6) is 0 Å². The summed E-state index contributed by atoms with van der Waals surface area (Å²) in [5.41, 5.74) is 1.03. The average molecular weight is 274 g/mol. The van der Waals surface area contributed by atoms with Gasteiger partial charge in [-0.3, -0.25) is 4.98 Å². The molecule has 0 bridgehead atoms. The van der Waals surface area contributed by atoms with Gasteiger partial charge in [-0.1, -0.05) is 5.10 Å². The second-order valence-corrected chi connectivity index (χ2v) is 3.90. The molecule has 0 fully saturated rings. The first-order chi connectivity index (χ1) is 9.72. The van der Waals surface area contributed by atoms with E-state index in [-0.39, 0.29) is 6.01 Å². The third-order valence-corrected chi connectivity index (χ3v) is 2.52. The molecule has 3 aromatic rings. The van der Waals surface area contributed by atoms with Crippen LogP contribution < -0.4 is 5.32 Å². The summed E-state index contributed by atoms with van der Waals surface area (Å²) in [6, 6.07) is 6.91. The van der Waals surface area contributed by atoms with E-state index in [9.17, 15) is 8.78 Å². The van der Waals surface area contributed by atoms with Crippen LogP contribution >= 0.6 is 0 Å². The fraction of sp³-hybridized carbons (Fsp3) is 0. The molecule has 2 heterocycles. The molecule has 0 unspecified atom stereocenters. The summed E-state index contributed by atoms with van der Waals surface area (Å²) < 4.78 is 31.2. The Hall–Kier alpha value is -2.83. The van der Waals surface area contributed by atoms with Crippen LogP contribution in [0.15, 0.2) is 47.1 Å². The monoisotopic (exact) mass is 274 g/mol. The van der Waals surface area contributed by atoms with Gasteiger partial charge in [-0.05, 0) is 24.3 Å². The molecular formula is C13H8F2N4O. The molecule has 2 aromatic heterocycles. The van der Waals surface area contributed by atoms with Crippen molar-refractivity contribution in [2.45, 2.75) is 0 Å². The number of rotatable bonds is 3. The van der Waals surface area contributed by atoms with Gasteiger partial charge >= 0.3 is 6.01 Å². The summed E-state index contributed by atoms with van der Waals surface area (Å²) in [5.74, 6) is -1.57.